The molecule has 1 unspecified atom stereocenters. The summed E-state index contributed by atoms with van der Waals surface area (Å²) in [6, 6.07) is 5.26. The first-order chi connectivity index (χ1) is 8.28. The Morgan fingerprint density at radius 3 is 3.06 bits per heavy atom. The summed E-state index contributed by atoms with van der Waals surface area (Å²) < 4.78 is 0. The van der Waals surface area contributed by atoms with Gasteiger partial charge in [-0.3, -0.25) is 4.79 Å². The number of rotatable bonds is 3. The van der Waals surface area contributed by atoms with Crippen molar-refractivity contribution in [2.75, 3.05) is 5.32 Å². The number of hydrogen-bond acceptors (Lipinski definition) is 3. The fraction of sp³-hybridized carbons (Fsp3) is 0.308. The molecule has 0 radical (unpaired) electrons. The van der Waals surface area contributed by atoms with Gasteiger partial charge < -0.3 is 5.32 Å². The maximum Gasteiger partial charge on any atom is 0.226 e. The molecule has 1 atom stereocenters. The third-order valence-electron chi connectivity index (χ3n) is 2.72. The smallest absolute Gasteiger partial charge is 0.226 e. The van der Waals surface area contributed by atoms with E-state index in [4.69, 9.17) is 5.26 Å². The summed E-state index contributed by atoms with van der Waals surface area (Å²) in [6.45, 7) is 0. The lowest BCUT2D eigenvalue weighted by atomic mass is 10.1. The Balaban J connectivity index is 1.89. The fourth-order valence-electron chi connectivity index (χ4n) is 1.83. The molecule has 1 aliphatic carbocycles. The van der Waals surface area contributed by atoms with Crippen molar-refractivity contribution < 1.29 is 4.79 Å². The minimum Gasteiger partial charge on any atom is -0.311 e. The Hall–Kier alpha value is -2.15. The Morgan fingerprint density at radius 1 is 1.59 bits per heavy atom. The number of aromatic nitrogens is 1. The summed E-state index contributed by atoms with van der Waals surface area (Å²) in [7, 11) is 0. The van der Waals surface area contributed by atoms with E-state index in [9.17, 15) is 4.79 Å². The second-order valence-corrected chi connectivity index (χ2v) is 4.06. The van der Waals surface area contributed by atoms with E-state index in [2.05, 4.69) is 22.5 Å². The number of anilines is 1. The molecule has 1 heterocycles. The lowest BCUT2D eigenvalue weighted by Gasteiger charge is -2.07. The van der Waals surface area contributed by atoms with Crippen LogP contribution in [-0.2, 0) is 4.79 Å². The molecule has 1 N–H and O–H groups in total. The van der Waals surface area contributed by atoms with Crippen molar-refractivity contribution in [2.24, 2.45) is 5.92 Å². The highest BCUT2D eigenvalue weighted by atomic mass is 16.1. The van der Waals surface area contributed by atoms with Crippen molar-refractivity contribution in [3.05, 3.63) is 36.0 Å². The van der Waals surface area contributed by atoms with Gasteiger partial charge in [0.1, 0.15) is 11.9 Å². The van der Waals surface area contributed by atoms with E-state index >= 15 is 0 Å². The monoisotopic (exact) mass is 227 g/mol. The van der Waals surface area contributed by atoms with Crippen molar-refractivity contribution >= 4 is 11.7 Å². The third-order valence-corrected chi connectivity index (χ3v) is 2.72. The van der Waals surface area contributed by atoms with Crippen LogP contribution in [0.1, 0.15) is 24.8 Å². The van der Waals surface area contributed by atoms with Gasteiger partial charge in [0.05, 0.1) is 5.56 Å². The van der Waals surface area contributed by atoms with Gasteiger partial charge in [-0.05, 0) is 30.9 Å². The van der Waals surface area contributed by atoms with Crippen molar-refractivity contribution in [1.82, 2.24) is 4.98 Å². The highest BCUT2D eigenvalue weighted by Crippen LogP contribution is 2.20. The van der Waals surface area contributed by atoms with Crippen molar-refractivity contribution in [3.8, 4) is 6.07 Å². The van der Waals surface area contributed by atoms with Crippen molar-refractivity contribution in [2.45, 2.75) is 19.3 Å². The third kappa shape index (κ3) is 3.15. The van der Waals surface area contributed by atoms with Crippen LogP contribution >= 0.6 is 0 Å². The van der Waals surface area contributed by atoms with Crippen LogP contribution in [0.5, 0.6) is 0 Å². The lowest BCUT2D eigenvalue weighted by molar-refractivity contribution is -0.116. The molecule has 0 fully saturated rings. The van der Waals surface area contributed by atoms with Crippen LogP contribution in [0, 0.1) is 17.2 Å². The summed E-state index contributed by atoms with van der Waals surface area (Å²) in [5, 5.41) is 11.3. The molecule has 0 bridgehead atoms. The number of nitrogens with one attached hydrogen (secondary N) is 1. The van der Waals surface area contributed by atoms with Crippen LogP contribution in [0.3, 0.4) is 0 Å². The predicted octanol–water partition coefficient (Wildman–Crippen LogP) is 2.25. The molecule has 1 aromatic rings. The first-order valence-corrected chi connectivity index (χ1v) is 5.60. The van der Waals surface area contributed by atoms with Gasteiger partial charge in [-0.2, -0.15) is 5.26 Å². The average molecular weight is 227 g/mol. The Morgan fingerprint density at radius 2 is 2.47 bits per heavy atom. The summed E-state index contributed by atoms with van der Waals surface area (Å²) in [4.78, 5) is 15.7. The number of hydrogen-bond donors (Lipinski definition) is 1. The topological polar surface area (TPSA) is 65.8 Å². The molecule has 0 aliphatic heterocycles. The second-order valence-electron chi connectivity index (χ2n) is 4.06. The van der Waals surface area contributed by atoms with E-state index < -0.39 is 0 Å². The Kier molecular flexibility index (Phi) is 3.51. The number of nitrogens with zero attached hydrogens (tertiary/aromatic N) is 2. The van der Waals surface area contributed by atoms with Crippen molar-refractivity contribution in [3.63, 3.8) is 0 Å². The normalized spacial score (nSPS) is 17.7. The van der Waals surface area contributed by atoms with Gasteiger partial charge in [-0.25, -0.2) is 4.98 Å². The highest BCUT2D eigenvalue weighted by molar-refractivity contribution is 5.90. The molecule has 1 aliphatic rings. The summed E-state index contributed by atoms with van der Waals surface area (Å²) in [5.41, 5.74) is 0.488. The van der Waals surface area contributed by atoms with Gasteiger partial charge in [-0.15, -0.1) is 0 Å². The van der Waals surface area contributed by atoms with E-state index in [0.29, 0.717) is 23.7 Å². The van der Waals surface area contributed by atoms with Crippen molar-refractivity contribution in [1.29, 1.82) is 5.26 Å². The zero-order valence-corrected chi connectivity index (χ0v) is 9.39. The minimum absolute atomic E-state index is 0.0289. The van der Waals surface area contributed by atoms with Gasteiger partial charge in [0.2, 0.25) is 5.91 Å². The Labute approximate surface area is 100.0 Å². The van der Waals surface area contributed by atoms with E-state index in [1.54, 1.807) is 12.1 Å². The number of pyridine rings is 1. The number of carbonyl (C=O) groups is 1. The maximum absolute atomic E-state index is 11.7. The fourth-order valence-corrected chi connectivity index (χ4v) is 1.83. The summed E-state index contributed by atoms with van der Waals surface area (Å²) in [6.07, 6.45) is 8.26. The van der Waals surface area contributed by atoms with Crippen LogP contribution in [0.15, 0.2) is 30.5 Å². The molecule has 0 spiro atoms. The van der Waals surface area contributed by atoms with Crippen LogP contribution in [0.25, 0.3) is 0 Å². The summed E-state index contributed by atoms with van der Waals surface area (Å²) >= 11 is 0. The first-order valence-electron chi connectivity index (χ1n) is 5.60. The molecule has 0 saturated heterocycles. The number of nitriles is 1. The first kappa shape index (κ1) is 11.3. The van der Waals surface area contributed by atoms with E-state index in [0.717, 1.165) is 12.8 Å². The second kappa shape index (κ2) is 5.26. The molecule has 2 rings (SSSR count). The van der Waals surface area contributed by atoms with Crippen LogP contribution in [-0.4, -0.2) is 10.9 Å². The van der Waals surface area contributed by atoms with E-state index in [1.807, 2.05) is 6.07 Å². The molecule has 4 heteroatoms. The quantitative estimate of drug-likeness (QED) is 0.805. The summed E-state index contributed by atoms with van der Waals surface area (Å²) in [5.74, 6) is 0.822. The van der Waals surface area contributed by atoms with Gasteiger partial charge in [0.15, 0.2) is 0 Å². The van der Waals surface area contributed by atoms with E-state index in [1.165, 1.54) is 6.20 Å². The maximum atomic E-state index is 11.7. The molecule has 17 heavy (non-hydrogen) atoms. The average Bonchev–Trinajstić information content (AvgIpc) is 2.82. The molecule has 0 aromatic carbocycles. The Bertz CT molecular complexity index is 470. The number of allylic oxidation sites excluding steroid dienone is 2. The largest absolute Gasteiger partial charge is 0.311 e. The predicted molar refractivity (Wildman–Crippen MR) is 64.1 cm³/mol. The van der Waals surface area contributed by atoms with Crippen LogP contribution < -0.4 is 5.32 Å². The van der Waals surface area contributed by atoms with Gasteiger partial charge in [-0.1, -0.05) is 12.2 Å². The van der Waals surface area contributed by atoms with Crippen LogP contribution in [0.2, 0.25) is 0 Å². The van der Waals surface area contributed by atoms with Gasteiger partial charge in [0, 0.05) is 12.6 Å². The zero-order valence-electron chi connectivity index (χ0n) is 9.39. The number of carbonyl (C=O) groups excluding carboxylic acids is 1. The van der Waals surface area contributed by atoms with Gasteiger partial charge in [0.25, 0.3) is 0 Å². The number of amides is 1. The lowest BCUT2D eigenvalue weighted by Crippen LogP contribution is -2.15. The molecule has 4 nitrogen and oxygen atoms in total. The molecule has 86 valence electrons. The SMILES string of the molecule is N#Cc1ccc(NC(=O)CC2C=CCC2)nc1. The molecule has 0 saturated carbocycles. The van der Waals surface area contributed by atoms with Crippen LogP contribution in [0.4, 0.5) is 5.82 Å². The van der Waals surface area contributed by atoms with E-state index in [-0.39, 0.29) is 5.91 Å². The highest BCUT2D eigenvalue weighted by Gasteiger charge is 2.14. The van der Waals surface area contributed by atoms with Gasteiger partial charge >= 0.3 is 0 Å². The minimum atomic E-state index is -0.0289. The molecular formula is C13H13N3O. The molecule has 1 aromatic heterocycles. The zero-order chi connectivity index (χ0) is 12.1. The molecular weight excluding hydrogens is 214 g/mol. The standard InChI is InChI=1S/C13H13N3O/c14-8-11-5-6-12(15-9-11)16-13(17)7-10-3-1-2-4-10/h1,3,5-6,9-10H,2,4,7H2,(H,15,16,17). The molecule has 1 amide bonds.